The van der Waals surface area contributed by atoms with Gasteiger partial charge in [-0.3, -0.25) is 4.79 Å². The topological polar surface area (TPSA) is 64.4 Å². The number of ether oxygens (including phenoxy) is 1. The average Bonchev–Trinajstić information content (AvgIpc) is 2.91. The zero-order valence-corrected chi connectivity index (χ0v) is 11.8. The predicted molar refractivity (Wildman–Crippen MR) is 76.2 cm³/mol. The van der Waals surface area contributed by atoms with Crippen molar-refractivity contribution in [1.29, 1.82) is 0 Å². The highest BCUT2D eigenvalue weighted by Crippen LogP contribution is 2.25. The second-order valence-electron chi connectivity index (χ2n) is 4.60. The van der Waals surface area contributed by atoms with Crippen LogP contribution in [0.2, 0.25) is 0 Å². The summed E-state index contributed by atoms with van der Waals surface area (Å²) >= 11 is 0. The molecule has 0 saturated heterocycles. The van der Waals surface area contributed by atoms with Crippen molar-refractivity contribution in [3.8, 4) is 5.75 Å². The highest BCUT2D eigenvalue weighted by Gasteiger charge is 2.20. The van der Waals surface area contributed by atoms with Crippen LogP contribution in [-0.4, -0.2) is 17.5 Å². The fraction of sp³-hybridized carbons (Fsp3) is 0.333. The highest BCUT2D eigenvalue weighted by molar-refractivity contribution is 6.03. The lowest BCUT2D eigenvalue weighted by Crippen LogP contribution is -2.14. The van der Waals surface area contributed by atoms with E-state index in [0.29, 0.717) is 23.7 Å². The van der Waals surface area contributed by atoms with Crippen molar-refractivity contribution in [1.82, 2.24) is 4.98 Å². The molecule has 0 aliphatic rings. The van der Waals surface area contributed by atoms with E-state index in [4.69, 9.17) is 9.15 Å². The summed E-state index contributed by atoms with van der Waals surface area (Å²) in [7, 11) is 0. The molecule has 2 rings (SSSR count). The van der Waals surface area contributed by atoms with Gasteiger partial charge in [0.15, 0.2) is 6.39 Å². The number of carbonyl (C=O) groups excluding carboxylic acids is 1. The third-order valence-corrected chi connectivity index (χ3v) is 2.78. The summed E-state index contributed by atoms with van der Waals surface area (Å²) in [6.45, 7) is 6.35. The average molecular weight is 274 g/mol. The number of anilines is 1. The third kappa shape index (κ3) is 2.99. The molecule has 0 fully saturated rings. The maximum absolute atomic E-state index is 12.3. The van der Waals surface area contributed by atoms with Crippen molar-refractivity contribution >= 4 is 11.6 Å². The molecule has 5 heteroatoms. The lowest BCUT2D eigenvalue weighted by molar-refractivity contribution is 0.0994. The molecule has 0 aliphatic carbocycles. The van der Waals surface area contributed by atoms with Gasteiger partial charge in [-0.1, -0.05) is 26.0 Å². The molecule has 1 amide bonds. The molecule has 1 aromatic heterocycles. The number of aromatic nitrogens is 1. The van der Waals surface area contributed by atoms with Gasteiger partial charge in [0.05, 0.1) is 18.0 Å². The van der Waals surface area contributed by atoms with Crippen LogP contribution in [0.5, 0.6) is 5.75 Å². The first-order valence-corrected chi connectivity index (χ1v) is 6.60. The number of hydrogen-bond donors (Lipinski definition) is 1. The molecule has 0 unspecified atom stereocenters. The Labute approximate surface area is 118 Å². The Kier molecular flexibility index (Phi) is 4.40. The number of nitrogens with one attached hydrogen (secondary N) is 1. The van der Waals surface area contributed by atoms with Gasteiger partial charge in [-0.05, 0) is 25.0 Å². The lowest BCUT2D eigenvalue weighted by Gasteiger charge is -2.11. The monoisotopic (exact) mass is 274 g/mol. The van der Waals surface area contributed by atoms with E-state index >= 15 is 0 Å². The molecule has 0 bridgehead atoms. The first-order valence-electron chi connectivity index (χ1n) is 6.60. The minimum Gasteiger partial charge on any atom is -0.492 e. The van der Waals surface area contributed by atoms with Crippen molar-refractivity contribution in [3.63, 3.8) is 0 Å². The van der Waals surface area contributed by atoms with E-state index in [-0.39, 0.29) is 17.6 Å². The summed E-state index contributed by atoms with van der Waals surface area (Å²) in [6.07, 6.45) is 1.29. The summed E-state index contributed by atoms with van der Waals surface area (Å²) in [4.78, 5) is 16.3. The summed E-state index contributed by atoms with van der Waals surface area (Å²) in [6, 6.07) is 7.29. The summed E-state index contributed by atoms with van der Waals surface area (Å²) in [5, 5.41) is 2.80. The number of rotatable bonds is 5. The van der Waals surface area contributed by atoms with E-state index in [2.05, 4.69) is 10.3 Å². The number of oxazole rings is 1. The Morgan fingerprint density at radius 3 is 2.85 bits per heavy atom. The maximum atomic E-state index is 12.3. The molecule has 0 spiro atoms. The third-order valence-electron chi connectivity index (χ3n) is 2.78. The van der Waals surface area contributed by atoms with Gasteiger partial charge in [0.25, 0.3) is 5.91 Å². The van der Waals surface area contributed by atoms with Gasteiger partial charge >= 0.3 is 0 Å². The minimum absolute atomic E-state index is 0.122. The zero-order chi connectivity index (χ0) is 14.5. The van der Waals surface area contributed by atoms with Crippen molar-refractivity contribution in [2.45, 2.75) is 26.7 Å². The van der Waals surface area contributed by atoms with Crippen LogP contribution in [0.3, 0.4) is 0 Å². The van der Waals surface area contributed by atoms with Crippen molar-refractivity contribution < 1.29 is 13.9 Å². The second-order valence-corrected chi connectivity index (χ2v) is 4.60. The van der Waals surface area contributed by atoms with E-state index in [1.54, 1.807) is 6.07 Å². The maximum Gasteiger partial charge on any atom is 0.293 e. The lowest BCUT2D eigenvalue weighted by atomic mass is 10.1. The molecule has 1 heterocycles. The standard InChI is InChI=1S/C15H18N2O3/c1-4-19-12-8-6-5-7-11(12)17-15(18)14-13(10(2)3)16-9-20-14/h5-10H,4H2,1-3H3,(H,17,18). The number of benzene rings is 1. The number of nitrogens with zero attached hydrogens (tertiary/aromatic N) is 1. The van der Waals surface area contributed by atoms with Crippen LogP contribution >= 0.6 is 0 Å². The van der Waals surface area contributed by atoms with Gasteiger partial charge in [0.2, 0.25) is 5.76 Å². The SMILES string of the molecule is CCOc1ccccc1NC(=O)c1ocnc1C(C)C. The van der Waals surface area contributed by atoms with Crippen LogP contribution in [0.1, 0.15) is 42.9 Å². The van der Waals surface area contributed by atoms with Crippen LogP contribution in [0.25, 0.3) is 0 Å². The Morgan fingerprint density at radius 2 is 2.15 bits per heavy atom. The molecule has 20 heavy (non-hydrogen) atoms. The number of amides is 1. The van der Waals surface area contributed by atoms with E-state index in [9.17, 15) is 4.79 Å². The van der Waals surface area contributed by atoms with Crippen LogP contribution in [-0.2, 0) is 0 Å². The molecule has 0 radical (unpaired) electrons. The molecule has 1 N–H and O–H groups in total. The van der Waals surface area contributed by atoms with E-state index in [1.165, 1.54) is 6.39 Å². The first kappa shape index (κ1) is 14.1. The first-order chi connectivity index (χ1) is 9.63. The van der Waals surface area contributed by atoms with Crippen LogP contribution in [0, 0.1) is 0 Å². The molecule has 0 saturated carbocycles. The predicted octanol–water partition coefficient (Wildman–Crippen LogP) is 3.45. The van der Waals surface area contributed by atoms with Gasteiger partial charge in [-0.2, -0.15) is 0 Å². The summed E-state index contributed by atoms with van der Waals surface area (Å²) < 4.78 is 10.7. The van der Waals surface area contributed by atoms with Crippen LogP contribution in [0.4, 0.5) is 5.69 Å². The molecule has 0 atom stereocenters. The van der Waals surface area contributed by atoms with Gasteiger partial charge in [-0.15, -0.1) is 0 Å². The molecule has 2 aromatic rings. The van der Waals surface area contributed by atoms with Gasteiger partial charge in [-0.25, -0.2) is 4.98 Å². The smallest absolute Gasteiger partial charge is 0.293 e. The molecular formula is C15H18N2O3. The molecule has 106 valence electrons. The molecule has 0 aliphatic heterocycles. The van der Waals surface area contributed by atoms with Crippen LogP contribution in [0.15, 0.2) is 35.1 Å². The Hall–Kier alpha value is -2.30. The van der Waals surface area contributed by atoms with Gasteiger partial charge < -0.3 is 14.5 Å². The normalized spacial score (nSPS) is 10.6. The Morgan fingerprint density at radius 1 is 1.40 bits per heavy atom. The number of carbonyl (C=O) groups is 1. The summed E-state index contributed by atoms with van der Waals surface area (Å²) in [5.74, 6) is 0.676. The molecule has 5 nitrogen and oxygen atoms in total. The molecular weight excluding hydrogens is 256 g/mol. The molecule has 1 aromatic carbocycles. The van der Waals surface area contributed by atoms with Gasteiger partial charge in [0.1, 0.15) is 5.75 Å². The van der Waals surface area contributed by atoms with Gasteiger partial charge in [0, 0.05) is 0 Å². The number of hydrogen-bond acceptors (Lipinski definition) is 4. The minimum atomic E-state index is -0.321. The zero-order valence-electron chi connectivity index (χ0n) is 11.8. The van der Waals surface area contributed by atoms with E-state index in [1.807, 2.05) is 39.0 Å². The fourth-order valence-electron chi connectivity index (χ4n) is 1.87. The van der Waals surface area contributed by atoms with Crippen molar-refractivity contribution in [2.24, 2.45) is 0 Å². The highest BCUT2D eigenvalue weighted by atomic mass is 16.5. The van der Waals surface area contributed by atoms with E-state index < -0.39 is 0 Å². The Balaban J connectivity index is 2.21. The van der Waals surface area contributed by atoms with E-state index in [0.717, 1.165) is 0 Å². The largest absolute Gasteiger partial charge is 0.492 e. The van der Waals surface area contributed by atoms with Crippen molar-refractivity contribution in [3.05, 3.63) is 42.1 Å². The summed E-state index contributed by atoms with van der Waals surface area (Å²) in [5.41, 5.74) is 1.27. The quantitative estimate of drug-likeness (QED) is 0.907. The van der Waals surface area contributed by atoms with Crippen molar-refractivity contribution in [2.75, 3.05) is 11.9 Å². The fourth-order valence-corrected chi connectivity index (χ4v) is 1.87. The Bertz CT molecular complexity index is 590. The van der Waals surface area contributed by atoms with Crippen LogP contribution < -0.4 is 10.1 Å². The second kappa shape index (κ2) is 6.23. The number of para-hydroxylation sites is 2.